The molecule has 0 bridgehead atoms. The van der Waals surface area contributed by atoms with E-state index >= 15 is 0 Å². The average Bonchev–Trinajstić information content (AvgIpc) is 2.99. The monoisotopic (exact) mass is 310 g/mol. The number of rotatable bonds is 5. The largest absolute Gasteiger partial charge is 0.508 e. The van der Waals surface area contributed by atoms with Gasteiger partial charge in [0, 0.05) is 29.9 Å². The van der Waals surface area contributed by atoms with E-state index < -0.39 is 0 Å². The molecule has 3 rings (SSSR count). The zero-order chi connectivity index (χ0) is 16.1. The van der Waals surface area contributed by atoms with Crippen molar-refractivity contribution in [2.24, 2.45) is 4.99 Å². The summed E-state index contributed by atoms with van der Waals surface area (Å²) in [6.07, 6.45) is 4.02. The van der Waals surface area contributed by atoms with Gasteiger partial charge in [0.25, 0.3) is 0 Å². The maximum atomic E-state index is 9.93. The zero-order valence-corrected chi connectivity index (χ0v) is 13.1. The van der Waals surface area contributed by atoms with Gasteiger partial charge in [0.05, 0.1) is 6.54 Å². The van der Waals surface area contributed by atoms with E-state index in [1.165, 1.54) is 0 Å². The van der Waals surface area contributed by atoms with Crippen LogP contribution in [0.2, 0.25) is 0 Å². The first kappa shape index (κ1) is 15.6. The van der Waals surface area contributed by atoms with Gasteiger partial charge < -0.3 is 10.2 Å². The Bertz CT molecular complexity index is 685. The Morgan fingerprint density at radius 2 is 1.78 bits per heavy atom. The molecule has 1 unspecified atom stereocenters. The molecule has 120 valence electrons. The van der Waals surface area contributed by atoms with Crippen molar-refractivity contribution in [3.05, 3.63) is 59.7 Å². The summed E-state index contributed by atoms with van der Waals surface area (Å²) in [7, 11) is 0. The Morgan fingerprint density at radius 1 is 1.04 bits per heavy atom. The number of phenols is 2. The van der Waals surface area contributed by atoms with Crippen molar-refractivity contribution in [1.29, 1.82) is 0 Å². The molecule has 1 aliphatic rings. The molecule has 1 atom stereocenters. The summed E-state index contributed by atoms with van der Waals surface area (Å²) in [5, 5.41) is 19.7. The number of benzene rings is 2. The first-order valence-electron chi connectivity index (χ1n) is 8.03. The van der Waals surface area contributed by atoms with E-state index in [4.69, 9.17) is 0 Å². The number of hydrogen-bond donors (Lipinski definition) is 2. The van der Waals surface area contributed by atoms with Crippen molar-refractivity contribution < 1.29 is 10.2 Å². The van der Waals surface area contributed by atoms with E-state index in [1.54, 1.807) is 24.4 Å². The Balaban J connectivity index is 1.61. The second-order valence-corrected chi connectivity index (χ2v) is 5.95. The van der Waals surface area contributed by atoms with E-state index in [0.717, 1.165) is 37.1 Å². The smallest absolute Gasteiger partial charge is 0.124 e. The molecule has 2 aromatic carbocycles. The quantitative estimate of drug-likeness (QED) is 0.834. The van der Waals surface area contributed by atoms with Crippen molar-refractivity contribution in [3.8, 4) is 11.5 Å². The number of hydrogen-bond acceptors (Lipinski definition) is 4. The van der Waals surface area contributed by atoms with Crippen LogP contribution in [0.15, 0.2) is 53.5 Å². The first-order chi connectivity index (χ1) is 11.2. The number of aromatic hydroxyl groups is 2. The maximum Gasteiger partial charge on any atom is 0.124 e. The normalized spacial score (nSPS) is 18.7. The van der Waals surface area contributed by atoms with Gasteiger partial charge in [0.15, 0.2) is 0 Å². The second kappa shape index (κ2) is 7.29. The fourth-order valence-corrected chi connectivity index (χ4v) is 3.04. The van der Waals surface area contributed by atoms with Crippen LogP contribution in [0.1, 0.15) is 24.0 Å². The van der Waals surface area contributed by atoms with Gasteiger partial charge >= 0.3 is 0 Å². The zero-order valence-electron chi connectivity index (χ0n) is 13.1. The topological polar surface area (TPSA) is 56.1 Å². The summed E-state index contributed by atoms with van der Waals surface area (Å²) >= 11 is 0. The average molecular weight is 310 g/mol. The Morgan fingerprint density at radius 3 is 2.57 bits per heavy atom. The van der Waals surface area contributed by atoms with Crippen molar-refractivity contribution in [2.75, 3.05) is 13.1 Å². The van der Waals surface area contributed by atoms with E-state index in [1.807, 2.05) is 30.3 Å². The van der Waals surface area contributed by atoms with E-state index in [0.29, 0.717) is 18.3 Å². The Hall–Kier alpha value is -2.33. The second-order valence-electron chi connectivity index (χ2n) is 5.95. The van der Waals surface area contributed by atoms with Gasteiger partial charge in [-0.25, -0.2) is 0 Å². The van der Waals surface area contributed by atoms with Crippen molar-refractivity contribution in [3.63, 3.8) is 0 Å². The van der Waals surface area contributed by atoms with Crippen LogP contribution in [-0.2, 0) is 6.54 Å². The maximum absolute atomic E-state index is 9.93. The van der Waals surface area contributed by atoms with E-state index in [-0.39, 0.29) is 5.75 Å². The van der Waals surface area contributed by atoms with Crippen LogP contribution in [0.5, 0.6) is 11.5 Å². The van der Waals surface area contributed by atoms with Crippen LogP contribution in [-0.4, -0.2) is 40.5 Å². The minimum absolute atomic E-state index is 0.258. The molecule has 0 aliphatic carbocycles. The van der Waals surface area contributed by atoms with Gasteiger partial charge in [-0.15, -0.1) is 0 Å². The fraction of sp³-hybridized carbons (Fsp3) is 0.316. The highest BCUT2D eigenvalue weighted by Crippen LogP contribution is 2.24. The third-order valence-corrected chi connectivity index (χ3v) is 4.35. The van der Waals surface area contributed by atoms with Gasteiger partial charge in [0.1, 0.15) is 11.5 Å². The minimum Gasteiger partial charge on any atom is -0.508 e. The minimum atomic E-state index is 0.258. The molecular formula is C19H22N2O2. The molecule has 1 saturated heterocycles. The Kier molecular flexibility index (Phi) is 4.93. The third kappa shape index (κ3) is 3.90. The molecule has 0 radical (unpaired) electrons. The van der Waals surface area contributed by atoms with Crippen LogP contribution < -0.4 is 0 Å². The SMILES string of the molecule is Oc1ccccc1C=NCC1CCCN1Cc1ccccc1O. The van der Waals surface area contributed by atoms with Gasteiger partial charge in [-0.2, -0.15) is 0 Å². The third-order valence-electron chi connectivity index (χ3n) is 4.35. The summed E-state index contributed by atoms with van der Waals surface area (Å²) in [5.41, 5.74) is 1.71. The molecule has 4 nitrogen and oxygen atoms in total. The molecule has 4 heteroatoms. The van der Waals surface area contributed by atoms with Gasteiger partial charge in [0.2, 0.25) is 0 Å². The fourth-order valence-electron chi connectivity index (χ4n) is 3.04. The molecule has 1 fully saturated rings. The molecule has 23 heavy (non-hydrogen) atoms. The molecule has 1 heterocycles. The molecule has 2 aromatic rings. The number of nitrogens with zero attached hydrogens (tertiary/aromatic N) is 2. The van der Waals surface area contributed by atoms with Crippen LogP contribution in [0, 0.1) is 0 Å². The van der Waals surface area contributed by atoms with E-state index in [2.05, 4.69) is 9.89 Å². The first-order valence-corrected chi connectivity index (χ1v) is 8.03. The molecule has 0 aromatic heterocycles. The molecule has 1 aliphatic heterocycles. The summed E-state index contributed by atoms with van der Waals surface area (Å²) in [6, 6.07) is 15.1. The van der Waals surface area contributed by atoms with E-state index in [9.17, 15) is 10.2 Å². The van der Waals surface area contributed by atoms with Crippen molar-refractivity contribution in [2.45, 2.75) is 25.4 Å². The molecule has 2 N–H and O–H groups in total. The summed E-state index contributed by atoms with van der Waals surface area (Å²) in [4.78, 5) is 6.88. The highest BCUT2D eigenvalue weighted by Gasteiger charge is 2.24. The standard InChI is InChI=1S/C19H22N2O2/c22-18-9-3-1-6-15(18)12-20-13-17-8-5-11-21(17)14-16-7-2-4-10-19(16)23/h1-4,6-7,9-10,12,17,22-23H,5,8,11,13-14H2. The summed E-state index contributed by atoms with van der Waals surface area (Å²) in [5.74, 6) is 0.615. The lowest BCUT2D eigenvalue weighted by Gasteiger charge is -2.23. The molecular weight excluding hydrogens is 288 g/mol. The summed E-state index contributed by atoms with van der Waals surface area (Å²) < 4.78 is 0. The number of phenolic OH excluding ortho intramolecular Hbond substituents is 2. The predicted octanol–water partition coefficient (Wildman–Crippen LogP) is 3.18. The highest BCUT2D eigenvalue weighted by molar-refractivity contribution is 5.83. The Labute approximate surface area is 136 Å². The number of aliphatic imine (C=N–C) groups is 1. The van der Waals surface area contributed by atoms with Gasteiger partial charge in [-0.05, 0) is 37.6 Å². The van der Waals surface area contributed by atoms with Gasteiger partial charge in [-0.1, -0.05) is 30.3 Å². The van der Waals surface area contributed by atoms with Gasteiger partial charge in [-0.3, -0.25) is 9.89 Å². The number of likely N-dealkylation sites (tertiary alicyclic amines) is 1. The highest BCUT2D eigenvalue weighted by atomic mass is 16.3. The van der Waals surface area contributed by atoms with Crippen molar-refractivity contribution in [1.82, 2.24) is 4.90 Å². The lowest BCUT2D eigenvalue weighted by atomic mass is 10.1. The predicted molar refractivity (Wildman–Crippen MR) is 92.1 cm³/mol. The lowest BCUT2D eigenvalue weighted by Crippen LogP contribution is -2.31. The lowest BCUT2D eigenvalue weighted by molar-refractivity contribution is 0.247. The number of para-hydroxylation sites is 2. The molecule has 0 spiro atoms. The van der Waals surface area contributed by atoms with Crippen LogP contribution in [0.25, 0.3) is 0 Å². The summed E-state index contributed by atoms with van der Waals surface area (Å²) in [6.45, 7) is 2.50. The van der Waals surface area contributed by atoms with Crippen LogP contribution in [0.3, 0.4) is 0 Å². The van der Waals surface area contributed by atoms with Crippen LogP contribution >= 0.6 is 0 Å². The van der Waals surface area contributed by atoms with Crippen molar-refractivity contribution >= 4 is 6.21 Å². The van der Waals surface area contributed by atoms with Crippen LogP contribution in [0.4, 0.5) is 0 Å². The molecule has 0 amide bonds. The molecule has 0 saturated carbocycles.